The fourth-order valence-corrected chi connectivity index (χ4v) is 5.80. The lowest BCUT2D eigenvalue weighted by molar-refractivity contribution is -0.149. The van der Waals surface area contributed by atoms with E-state index in [1.165, 1.54) is 12.1 Å². The first-order chi connectivity index (χ1) is 14.9. The van der Waals surface area contributed by atoms with Crippen LogP contribution < -0.4 is 0 Å². The number of rotatable bonds is 4. The number of nitrogens with zero attached hydrogens (tertiary/aromatic N) is 2. The van der Waals surface area contributed by atoms with Gasteiger partial charge in [0.1, 0.15) is 5.82 Å². The number of aliphatic carboxylic acids is 1. The second-order valence-corrected chi connectivity index (χ2v) is 9.22. The number of hydrogen-bond donors (Lipinski definition) is 1. The van der Waals surface area contributed by atoms with E-state index >= 15 is 0 Å². The van der Waals surface area contributed by atoms with Crippen LogP contribution in [0.2, 0.25) is 0 Å². The largest absolute Gasteiger partial charge is 0.481 e. The Morgan fingerprint density at radius 2 is 1.69 bits per heavy atom. The van der Waals surface area contributed by atoms with E-state index in [0.717, 1.165) is 49.9 Å². The molecule has 4 rings (SSSR count). The number of likely N-dealkylation sites (tertiary alicyclic amines) is 1. The van der Waals surface area contributed by atoms with Crippen molar-refractivity contribution in [1.82, 2.24) is 4.90 Å². The summed E-state index contributed by atoms with van der Waals surface area (Å²) >= 11 is 0. The van der Waals surface area contributed by atoms with Crippen LogP contribution in [-0.2, 0) is 15.6 Å². The van der Waals surface area contributed by atoms with E-state index < -0.39 is 16.8 Å². The number of carboxylic acid groups (broad SMARTS) is 1. The molecular weight excluding hydrogens is 427 g/mol. The average Bonchev–Trinajstić information content (AvgIpc) is 2.80. The van der Waals surface area contributed by atoms with E-state index in [0.29, 0.717) is 12.5 Å². The van der Waals surface area contributed by atoms with E-state index in [9.17, 15) is 19.6 Å². The van der Waals surface area contributed by atoms with Crippen LogP contribution in [-0.4, -0.2) is 35.1 Å². The lowest BCUT2D eigenvalue weighted by Crippen LogP contribution is -2.56. The molecule has 170 valence electrons. The first-order valence-corrected chi connectivity index (χ1v) is 11.1. The Labute approximate surface area is 195 Å². The SMILES string of the molecule is CC1CN(C2CCC(C#N)(c3ccc(F)cc3)CC2)CC[C@@]1(C(=O)O)c1ccccc1.Cl. The highest BCUT2D eigenvalue weighted by molar-refractivity contribution is 5.85. The number of carboxylic acids is 1. The van der Waals surface area contributed by atoms with Crippen molar-refractivity contribution in [2.45, 2.75) is 55.9 Å². The Kier molecular flexibility index (Phi) is 7.27. The zero-order valence-corrected chi connectivity index (χ0v) is 19.2. The zero-order valence-electron chi connectivity index (χ0n) is 18.3. The Morgan fingerprint density at radius 3 is 2.22 bits per heavy atom. The second-order valence-electron chi connectivity index (χ2n) is 9.22. The Hall–Kier alpha value is -2.42. The molecule has 1 unspecified atom stereocenters. The molecule has 0 spiro atoms. The van der Waals surface area contributed by atoms with Crippen LogP contribution in [0.3, 0.4) is 0 Å². The first-order valence-electron chi connectivity index (χ1n) is 11.1. The van der Waals surface area contributed by atoms with Gasteiger partial charge in [0.05, 0.1) is 16.9 Å². The molecule has 2 fully saturated rings. The Balaban J connectivity index is 0.00000289. The quantitative estimate of drug-likeness (QED) is 0.676. The summed E-state index contributed by atoms with van der Waals surface area (Å²) in [5.41, 5.74) is 0.381. The molecule has 2 aromatic carbocycles. The maximum atomic E-state index is 13.3. The third-order valence-corrected chi connectivity index (χ3v) is 7.75. The van der Waals surface area contributed by atoms with Crippen LogP contribution >= 0.6 is 12.4 Å². The summed E-state index contributed by atoms with van der Waals surface area (Å²) in [5.74, 6) is -1.04. The van der Waals surface area contributed by atoms with Gasteiger partial charge in [0, 0.05) is 12.6 Å². The number of nitriles is 1. The molecule has 6 heteroatoms. The fraction of sp³-hybridized carbons (Fsp3) is 0.462. The van der Waals surface area contributed by atoms with E-state index in [2.05, 4.69) is 11.0 Å². The van der Waals surface area contributed by atoms with E-state index in [-0.39, 0.29) is 24.1 Å². The van der Waals surface area contributed by atoms with Crippen LogP contribution in [0.15, 0.2) is 54.6 Å². The van der Waals surface area contributed by atoms with Crippen molar-refractivity contribution < 1.29 is 14.3 Å². The molecule has 2 atom stereocenters. The minimum atomic E-state index is -0.850. The molecule has 1 saturated heterocycles. The maximum Gasteiger partial charge on any atom is 0.314 e. The number of hydrogen-bond acceptors (Lipinski definition) is 3. The van der Waals surface area contributed by atoms with Crippen molar-refractivity contribution in [3.8, 4) is 6.07 Å². The van der Waals surface area contributed by atoms with Crippen molar-refractivity contribution in [2.24, 2.45) is 5.92 Å². The minimum Gasteiger partial charge on any atom is -0.481 e. The lowest BCUT2D eigenvalue weighted by atomic mass is 9.65. The molecule has 4 nitrogen and oxygen atoms in total. The summed E-state index contributed by atoms with van der Waals surface area (Å²) in [6.07, 6.45) is 3.86. The zero-order chi connectivity index (χ0) is 22.1. The molecule has 32 heavy (non-hydrogen) atoms. The number of piperidine rings is 1. The van der Waals surface area contributed by atoms with Crippen molar-refractivity contribution in [3.63, 3.8) is 0 Å². The normalized spacial score (nSPS) is 30.7. The molecule has 0 radical (unpaired) electrons. The molecule has 1 N–H and O–H groups in total. The summed E-state index contributed by atoms with van der Waals surface area (Å²) < 4.78 is 13.3. The van der Waals surface area contributed by atoms with Crippen LogP contribution in [0.4, 0.5) is 4.39 Å². The average molecular weight is 457 g/mol. The van der Waals surface area contributed by atoms with Crippen molar-refractivity contribution in [2.75, 3.05) is 13.1 Å². The summed E-state index contributed by atoms with van der Waals surface area (Å²) in [6, 6.07) is 18.8. The van der Waals surface area contributed by atoms with Gasteiger partial charge in [-0.3, -0.25) is 4.79 Å². The van der Waals surface area contributed by atoms with E-state index in [4.69, 9.17) is 0 Å². The van der Waals surface area contributed by atoms with Gasteiger partial charge in [-0.2, -0.15) is 5.26 Å². The van der Waals surface area contributed by atoms with Crippen LogP contribution in [0.5, 0.6) is 0 Å². The highest BCUT2D eigenvalue weighted by atomic mass is 35.5. The Bertz CT molecular complexity index is 968. The van der Waals surface area contributed by atoms with E-state index in [1.54, 1.807) is 12.1 Å². The van der Waals surface area contributed by atoms with Crippen molar-refractivity contribution >= 4 is 18.4 Å². The third-order valence-electron chi connectivity index (χ3n) is 7.75. The summed E-state index contributed by atoms with van der Waals surface area (Å²) in [4.78, 5) is 14.8. The molecule has 0 amide bonds. The fourth-order valence-electron chi connectivity index (χ4n) is 5.80. The predicted molar refractivity (Wildman–Crippen MR) is 124 cm³/mol. The maximum absolute atomic E-state index is 13.3. The standard InChI is InChI=1S/C26H29FN2O2.ClH/c1-19-17-29(16-15-26(19,24(30)31)21-5-3-2-4-6-21)23-11-13-25(18-28,14-12-23)20-7-9-22(27)10-8-20;/h2-10,19,23H,11-17H2,1H3,(H,30,31);1H/t19?,23?,25?,26-;/m0./s1. The summed E-state index contributed by atoms with van der Waals surface area (Å²) in [5, 5.41) is 20.1. The molecule has 0 bridgehead atoms. The summed E-state index contributed by atoms with van der Waals surface area (Å²) in [6.45, 7) is 3.53. The van der Waals surface area contributed by atoms with Gasteiger partial charge in [-0.05, 0) is 67.8 Å². The van der Waals surface area contributed by atoms with Gasteiger partial charge in [-0.25, -0.2) is 4.39 Å². The topological polar surface area (TPSA) is 64.3 Å². The first kappa shape index (κ1) is 24.2. The highest BCUT2D eigenvalue weighted by Gasteiger charge is 2.50. The third kappa shape index (κ3) is 4.14. The highest BCUT2D eigenvalue weighted by Crippen LogP contribution is 2.44. The van der Waals surface area contributed by atoms with Crippen LogP contribution in [0.1, 0.15) is 50.2 Å². The number of benzene rings is 2. The van der Waals surface area contributed by atoms with Gasteiger partial charge < -0.3 is 10.0 Å². The monoisotopic (exact) mass is 456 g/mol. The van der Waals surface area contributed by atoms with Gasteiger partial charge >= 0.3 is 5.97 Å². The van der Waals surface area contributed by atoms with Gasteiger partial charge in [0.2, 0.25) is 0 Å². The minimum absolute atomic E-state index is 0. The van der Waals surface area contributed by atoms with Crippen LogP contribution in [0.25, 0.3) is 0 Å². The number of halogens is 2. The molecule has 1 aliphatic heterocycles. The van der Waals surface area contributed by atoms with Crippen molar-refractivity contribution in [1.29, 1.82) is 5.26 Å². The number of carbonyl (C=O) groups is 1. The van der Waals surface area contributed by atoms with Crippen LogP contribution in [0, 0.1) is 23.1 Å². The summed E-state index contributed by atoms with van der Waals surface area (Å²) in [7, 11) is 0. The Morgan fingerprint density at radius 1 is 1.06 bits per heavy atom. The van der Waals surface area contributed by atoms with Gasteiger partial charge in [-0.1, -0.05) is 49.4 Å². The molecule has 0 aromatic heterocycles. The van der Waals surface area contributed by atoms with Gasteiger partial charge in [0.25, 0.3) is 0 Å². The lowest BCUT2D eigenvalue weighted by Gasteiger charge is -2.48. The van der Waals surface area contributed by atoms with Gasteiger partial charge in [0.15, 0.2) is 0 Å². The smallest absolute Gasteiger partial charge is 0.314 e. The predicted octanol–water partition coefficient (Wildman–Crippen LogP) is 5.32. The molecule has 1 heterocycles. The van der Waals surface area contributed by atoms with E-state index in [1.807, 2.05) is 37.3 Å². The molecule has 1 aliphatic carbocycles. The molecule has 2 aromatic rings. The van der Waals surface area contributed by atoms with Crippen molar-refractivity contribution in [3.05, 3.63) is 71.5 Å². The molecular formula is C26H30ClFN2O2. The molecule has 2 aliphatic rings. The van der Waals surface area contributed by atoms with Gasteiger partial charge in [-0.15, -0.1) is 12.4 Å². The second kappa shape index (κ2) is 9.60. The molecule has 1 saturated carbocycles.